The minimum atomic E-state index is -0.983. The van der Waals surface area contributed by atoms with Crippen molar-refractivity contribution in [2.75, 3.05) is 25.0 Å². The lowest BCUT2D eigenvalue weighted by Crippen LogP contribution is -2.43. The summed E-state index contributed by atoms with van der Waals surface area (Å²) in [5.41, 5.74) is 0.870. The van der Waals surface area contributed by atoms with Crippen LogP contribution in [0.5, 0.6) is 0 Å². The highest BCUT2D eigenvalue weighted by molar-refractivity contribution is 7.08. The molecule has 2 aromatic rings. The fourth-order valence-corrected chi connectivity index (χ4v) is 3.90. The molecule has 1 aromatic heterocycles. The van der Waals surface area contributed by atoms with Crippen molar-refractivity contribution in [1.82, 2.24) is 10.2 Å². The number of carbonyl (C=O) groups excluding carboxylic acids is 2. The lowest BCUT2D eigenvalue weighted by molar-refractivity contribution is -0.136. The number of rotatable bonds is 5. The Kier molecular flexibility index (Phi) is 6.52. The van der Waals surface area contributed by atoms with Crippen LogP contribution in [0.4, 0.5) is 14.5 Å². The van der Waals surface area contributed by atoms with E-state index in [4.69, 9.17) is 0 Å². The van der Waals surface area contributed by atoms with Gasteiger partial charge in [-0.15, -0.1) is 0 Å². The number of benzene rings is 1. The zero-order valence-electron chi connectivity index (χ0n) is 14.7. The minimum absolute atomic E-state index is 0.00384. The van der Waals surface area contributed by atoms with E-state index in [1.54, 1.807) is 11.3 Å². The highest BCUT2D eigenvalue weighted by Gasteiger charge is 2.24. The molecular formula is C19H21F2N3O2S. The van der Waals surface area contributed by atoms with Gasteiger partial charge in [0, 0.05) is 12.6 Å². The summed E-state index contributed by atoms with van der Waals surface area (Å²) in [6.07, 6.45) is 3.42. The molecule has 0 spiro atoms. The first kappa shape index (κ1) is 19.4. The Morgan fingerprint density at radius 2 is 1.89 bits per heavy atom. The van der Waals surface area contributed by atoms with Gasteiger partial charge >= 0.3 is 11.8 Å². The maximum absolute atomic E-state index is 13.6. The molecule has 0 aliphatic carbocycles. The summed E-state index contributed by atoms with van der Waals surface area (Å²) >= 11 is 1.59. The summed E-state index contributed by atoms with van der Waals surface area (Å²) in [5, 5.41) is 8.83. The number of carbonyl (C=O) groups is 2. The van der Waals surface area contributed by atoms with E-state index in [0.717, 1.165) is 43.6 Å². The molecule has 8 heteroatoms. The molecule has 144 valence electrons. The van der Waals surface area contributed by atoms with Crippen LogP contribution < -0.4 is 10.6 Å². The molecule has 0 bridgehead atoms. The monoisotopic (exact) mass is 393 g/mol. The molecule has 5 nitrogen and oxygen atoms in total. The second kappa shape index (κ2) is 9.05. The van der Waals surface area contributed by atoms with Crippen molar-refractivity contribution in [3.05, 3.63) is 52.2 Å². The summed E-state index contributed by atoms with van der Waals surface area (Å²) in [5.74, 6) is -3.52. The fourth-order valence-electron chi connectivity index (χ4n) is 3.19. The average molecular weight is 393 g/mol. The van der Waals surface area contributed by atoms with Gasteiger partial charge in [0.1, 0.15) is 11.6 Å². The maximum atomic E-state index is 13.6. The van der Waals surface area contributed by atoms with Gasteiger partial charge in [0.2, 0.25) is 0 Å². The topological polar surface area (TPSA) is 61.4 Å². The number of halogens is 2. The summed E-state index contributed by atoms with van der Waals surface area (Å²) in [7, 11) is 0. The van der Waals surface area contributed by atoms with Crippen LogP contribution in [0.3, 0.4) is 0 Å². The van der Waals surface area contributed by atoms with Crippen LogP contribution in [0.1, 0.15) is 30.9 Å². The summed E-state index contributed by atoms with van der Waals surface area (Å²) in [6.45, 7) is 2.18. The lowest BCUT2D eigenvalue weighted by atomic mass is 10.0. The van der Waals surface area contributed by atoms with Crippen molar-refractivity contribution in [2.24, 2.45) is 0 Å². The van der Waals surface area contributed by atoms with Gasteiger partial charge in [0.05, 0.1) is 11.7 Å². The molecular weight excluding hydrogens is 372 g/mol. The summed E-state index contributed by atoms with van der Waals surface area (Å²) in [4.78, 5) is 26.5. The van der Waals surface area contributed by atoms with Crippen molar-refractivity contribution in [3.8, 4) is 0 Å². The van der Waals surface area contributed by atoms with Crippen LogP contribution in [-0.2, 0) is 9.59 Å². The third kappa shape index (κ3) is 5.11. The number of nitrogens with one attached hydrogen (secondary N) is 2. The van der Waals surface area contributed by atoms with E-state index in [1.165, 1.54) is 6.42 Å². The molecule has 0 saturated carbocycles. The largest absolute Gasteiger partial charge is 0.346 e. The fraction of sp³-hybridized carbons (Fsp3) is 0.368. The van der Waals surface area contributed by atoms with Gasteiger partial charge < -0.3 is 10.6 Å². The van der Waals surface area contributed by atoms with Gasteiger partial charge in [-0.2, -0.15) is 11.3 Å². The Bertz CT molecular complexity index is 792. The van der Waals surface area contributed by atoms with Crippen molar-refractivity contribution in [2.45, 2.75) is 25.3 Å². The van der Waals surface area contributed by atoms with E-state index in [-0.39, 0.29) is 18.3 Å². The van der Waals surface area contributed by atoms with Gasteiger partial charge in [-0.05, 0) is 60.5 Å². The first-order valence-corrected chi connectivity index (χ1v) is 9.79. The van der Waals surface area contributed by atoms with Crippen LogP contribution in [0.2, 0.25) is 0 Å². The minimum Gasteiger partial charge on any atom is -0.346 e. The smallest absolute Gasteiger partial charge is 0.313 e. The van der Waals surface area contributed by atoms with Gasteiger partial charge in [0.15, 0.2) is 0 Å². The molecule has 27 heavy (non-hydrogen) atoms. The molecule has 1 saturated heterocycles. The highest BCUT2D eigenvalue weighted by atomic mass is 32.1. The van der Waals surface area contributed by atoms with Crippen molar-refractivity contribution >= 4 is 28.8 Å². The predicted molar refractivity (Wildman–Crippen MR) is 100 cm³/mol. The molecule has 1 aliphatic heterocycles. The number of piperidine rings is 1. The van der Waals surface area contributed by atoms with Crippen molar-refractivity contribution in [3.63, 3.8) is 0 Å². The lowest BCUT2D eigenvalue weighted by Gasteiger charge is -2.34. The standard InChI is InChI=1S/C19H21F2N3O2S/c20-14-4-5-16(15(21)10-14)23-19(26)18(25)22-11-17(13-6-9-27-12-13)24-7-2-1-3-8-24/h4-6,9-10,12,17H,1-3,7-8,11H2,(H,22,25)(H,23,26). The SMILES string of the molecule is O=C(NCC(c1ccsc1)N1CCCCC1)C(=O)Nc1ccc(F)cc1F. The number of likely N-dealkylation sites (tertiary alicyclic amines) is 1. The van der Waals surface area contributed by atoms with E-state index < -0.39 is 23.4 Å². The predicted octanol–water partition coefficient (Wildman–Crippen LogP) is 3.31. The number of hydrogen-bond acceptors (Lipinski definition) is 4. The average Bonchev–Trinajstić information content (AvgIpc) is 3.19. The Balaban J connectivity index is 1.60. The molecule has 1 unspecified atom stereocenters. The molecule has 0 radical (unpaired) electrons. The molecule has 2 N–H and O–H groups in total. The highest BCUT2D eigenvalue weighted by Crippen LogP contribution is 2.25. The molecule has 1 aliphatic rings. The van der Waals surface area contributed by atoms with Crippen LogP contribution in [-0.4, -0.2) is 36.3 Å². The van der Waals surface area contributed by atoms with Crippen LogP contribution >= 0.6 is 11.3 Å². The third-order valence-corrected chi connectivity index (χ3v) is 5.30. The molecule has 1 fully saturated rings. The number of amides is 2. The van der Waals surface area contributed by atoms with Gasteiger partial charge in [0.25, 0.3) is 0 Å². The van der Waals surface area contributed by atoms with E-state index >= 15 is 0 Å². The zero-order chi connectivity index (χ0) is 19.2. The quantitative estimate of drug-likeness (QED) is 0.767. The Hall–Kier alpha value is -2.32. The van der Waals surface area contributed by atoms with Crippen LogP contribution in [0, 0.1) is 11.6 Å². The van der Waals surface area contributed by atoms with E-state index in [1.807, 2.05) is 16.8 Å². The second-order valence-corrected chi connectivity index (χ2v) is 7.24. The van der Waals surface area contributed by atoms with Gasteiger partial charge in [-0.1, -0.05) is 6.42 Å². The second-order valence-electron chi connectivity index (χ2n) is 6.46. The number of nitrogens with zero attached hydrogens (tertiary/aromatic N) is 1. The Morgan fingerprint density at radius 1 is 1.11 bits per heavy atom. The zero-order valence-corrected chi connectivity index (χ0v) is 15.5. The molecule has 1 aromatic carbocycles. The van der Waals surface area contributed by atoms with Crippen molar-refractivity contribution in [1.29, 1.82) is 0 Å². The van der Waals surface area contributed by atoms with Crippen LogP contribution in [0.15, 0.2) is 35.0 Å². The normalized spacial score (nSPS) is 15.9. The van der Waals surface area contributed by atoms with E-state index in [9.17, 15) is 18.4 Å². The summed E-state index contributed by atoms with van der Waals surface area (Å²) < 4.78 is 26.6. The van der Waals surface area contributed by atoms with Gasteiger partial charge in [-0.25, -0.2) is 8.78 Å². The van der Waals surface area contributed by atoms with E-state index in [2.05, 4.69) is 15.5 Å². The Labute approximate surface area is 160 Å². The maximum Gasteiger partial charge on any atom is 0.313 e. The summed E-state index contributed by atoms with van der Waals surface area (Å²) in [6, 6.07) is 4.76. The molecule has 2 amide bonds. The van der Waals surface area contributed by atoms with E-state index in [0.29, 0.717) is 6.07 Å². The Morgan fingerprint density at radius 3 is 2.56 bits per heavy atom. The number of thiophene rings is 1. The molecule has 3 rings (SSSR count). The molecule has 1 atom stereocenters. The van der Waals surface area contributed by atoms with Gasteiger partial charge in [-0.3, -0.25) is 14.5 Å². The third-order valence-electron chi connectivity index (χ3n) is 4.60. The molecule has 2 heterocycles. The first-order chi connectivity index (χ1) is 13.0. The number of anilines is 1. The van der Waals surface area contributed by atoms with Crippen molar-refractivity contribution < 1.29 is 18.4 Å². The first-order valence-electron chi connectivity index (χ1n) is 8.85. The number of hydrogen-bond donors (Lipinski definition) is 2. The van der Waals surface area contributed by atoms with Crippen LogP contribution in [0.25, 0.3) is 0 Å².